The van der Waals surface area contributed by atoms with E-state index >= 15 is 0 Å². The van der Waals surface area contributed by atoms with E-state index in [1.165, 1.54) is 12.1 Å². The van der Waals surface area contributed by atoms with Gasteiger partial charge in [-0.25, -0.2) is 0 Å². The van der Waals surface area contributed by atoms with E-state index in [0.717, 1.165) is 0 Å². The highest BCUT2D eigenvalue weighted by Crippen LogP contribution is 2.22. The lowest BCUT2D eigenvalue weighted by molar-refractivity contribution is 0.598. The molecule has 0 aromatic heterocycles. The Morgan fingerprint density at radius 1 is 1.00 bits per heavy atom. The van der Waals surface area contributed by atoms with Crippen molar-refractivity contribution < 1.29 is 8.42 Å². The quantitative estimate of drug-likeness (QED) is 0.698. The van der Waals surface area contributed by atoms with Crippen LogP contribution in [0.15, 0.2) is 63.9 Å². The van der Waals surface area contributed by atoms with Gasteiger partial charge in [0.25, 0.3) is 10.0 Å². The van der Waals surface area contributed by atoms with E-state index in [0.29, 0.717) is 5.56 Å². The van der Waals surface area contributed by atoms with Crippen molar-refractivity contribution in [1.29, 1.82) is 0 Å². The lowest BCUT2D eigenvalue weighted by Gasteiger charge is -2.03. The summed E-state index contributed by atoms with van der Waals surface area (Å²) in [5.74, 6) is -0.0690. The van der Waals surface area contributed by atoms with Gasteiger partial charge in [-0.05, 0) is 12.1 Å². The Bertz CT molecular complexity index is 712. The van der Waals surface area contributed by atoms with Gasteiger partial charge >= 0.3 is 0 Å². The first-order chi connectivity index (χ1) is 9.00. The molecule has 0 aliphatic rings. The number of benzene rings is 2. The number of sulfonamides is 1. The largest absolute Gasteiger partial charge is 0.383 e. The van der Waals surface area contributed by atoms with E-state index in [1.54, 1.807) is 42.5 Å². The van der Waals surface area contributed by atoms with Crippen LogP contribution in [0.1, 0.15) is 5.56 Å². The Morgan fingerprint density at radius 2 is 1.58 bits per heavy atom. The van der Waals surface area contributed by atoms with E-state index in [4.69, 9.17) is 17.3 Å². The normalized spacial score (nSPS) is 12.4. The lowest BCUT2D eigenvalue weighted by Crippen LogP contribution is -2.16. The minimum atomic E-state index is -3.91. The summed E-state index contributed by atoms with van der Waals surface area (Å²) in [6.07, 6.45) is 0. The summed E-state index contributed by atoms with van der Waals surface area (Å²) >= 11 is 5.85. The molecule has 6 heteroatoms. The Hall–Kier alpha value is -1.85. The first kappa shape index (κ1) is 13.6. The maximum Gasteiger partial charge on any atom is 0.285 e. The molecule has 19 heavy (non-hydrogen) atoms. The highest BCUT2D eigenvalue weighted by atomic mass is 35.5. The fourth-order valence-electron chi connectivity index (χ4n) is 1.49. The molecule has 0 spiro atoms. The van der Waals surface area contributed by atoms with Crippen molar-refractivity contribution in [2.24, 2.45) is 10.1 Å². The third-order valence-electron chi connectivity index (χ3n) is 2.40. The molecule has 2 rings (SSSR count). The summed E-state index contributed by atoms with van der Waals surface area (Å²) < 4.78 is 27.8. The zero-order valence-electron chi connectivity index (χ0n) is 9.82. The van der Waals surface area contributed by atoms with Crippen LogP contribution in [0, 0.1) is 0 Å². The predicted octanol–water partition coefficient (Wildman–Crippen LogP) is 2.43. The van der Waals surface area contributed by atoms with Crippen LogP contribution in [-0.4, -0.2) is 14.3 Å². The lowest BCUT2D eigenvalue weighted by atomic mass is 10.2. The Labute approximate surface area is 116 Å². The first-order valence-electron chi connectivity index (χ1n) is 5.41. The van der Waals surface area contributed by atoms with Gasteiger partial charge in [-0.15, -0.1) is 4.40 Å². The van der Waals surface area contributed by atoms with Gasteiger partial charge < -0.3 is 5.73 Å². The fourth-order valence-corrected chi connectivity index (χ4v) is 2.95. The summed E-state index contributed by atoms with van der Waals surface area (Å²) in [6.45, 7) is 0. The van der Waals surface area contributed by atoms with Gasteiger partial charge in [0, 0.05) is 5.56 Å². The van der Waals surface area contributed by atoms with Crippen LogP contribution in [0.25, 0.3) is 0 Å². The van der Waals surface area contributed by atoms with Crippen LogP contribution in [-0.2, 0) is 10.0 Å². The van der Waals surface area contributed by atoms with Crippen LogP contribution in [0.2, 0.25) is 5.02 Å². The van der Waals surface area contributed by atoms with Crippen molar-refractivity contribution in [3.05, 3.63) is 65.2 Å². The van der Waals surface area contributed by atoms with Crippen molar-refractivity contribution in [2.45, 2.75) is 4.90 Å². The van der Waals surface area contributed by atoms with Crippen LogP contribution >= 0.6 is 11.6 Å². The third kappa shape index (κ3) is 3.13. The molecular weight excluding hydrogens is 284 g/mol. The third-order valence-corrected chi connectivity index (χ3v) is 4.19. The summed E-state index contributed by atoms with van der Waals surface area (Å²) in [7, 11) is -3.91. The Kier molecular flexibility index (Phi) is 3.87. The monoisotopic (exact) mass is 294 g/mol. The van der Waals surface area contributed by atoms with Gasteiger partial charge in [0.1, 0.15) is 10.7 Å². The van der Waals surface area contributed by atoms with Crippen molar-refractivity contribution in [3.8, 4) is 0 Å². The second-order valence-corrected chi connectivity index (χ2v) is 5.73. The van der Waals surface area contributed by atoms with Crippen molar-refractivity contribution in [1.82, 2.24) is 0 Å². The van der Waals surface area contributed by atoms with Crippen molar-refractivity contribution in [3.63, 3.8) is 0 Å². The molecule has 0 radical (unpaired) electrons. The van der Waals surface area contributed by atoms with Crippen LogP contribution in [0.4, 0.5) is 0 Å². The zero-order chi connectivity index (χ0) is 13.9. The number of nitrogens with two attached hydrogens (primary N) is 1. The molecule has 2 aromatic rings. The number of hydrogen-bond acceptors (Lipinski definition) is 2. The highest BCUT2D eigenvalue weighted by Gasteiger charge is 2.17. The van der Waals surface area contributed by atoms with Crippen molar-refractivity contribution >= 4 is 27.5 Å². The van der Waals surface area contributed by atoms with Gasteiger partial charge in [0.05, 0.1) is 5.02 Å². The maximum absolute atomic E-state index is 12.1. The predicted molar refractivity (Wildman–Crippen MR) is 75.8 cm³/mol. The van der Waals surface area contributed by atoms with E-state index < -0.39 is 10.0 Å². The summed E-state index contributed by atoms with van der Waals surface area (Å²) in [5.41, 5.74) is 6.24. The van der Waals surface area contributed by atoms with Gasteiger partial charge in [0.15, 0.2) is 0 Å². The summed E-state index contributed by atoms with van der Waals surface area (Å²) in [5, 5.41) is 0.118. The van der Waals surface area contributed by atoms with Gasteiger partial charge in [-0.3, -0.25) is 0 Å². The number of nitrogens with zero attached hydrogens (tertiary/aromatic N) is 1. The number of halogens is 1. The molecule has 0 atom stereocenters. The average molecular weight is 295 g/mol. The number of amidine groups is 1. The highest BCUT2D eigenvalue weighted by molar-refractivity contribution is 7.90. The van der Waals surface area contributed by atoms with Gasteiger partial charge in [-0.1, -0.05) is 54.1 Å². The van der Waals surface area contributed by atoms with Crippen LogP contribution in [0.3, 0.4) is 0 Å². The molecule has 2 aromatic carbocycles. The molecule has 0 bridgehead atoms. The van der Waals surface area contributed by atoms with E-state index in [2.05, 4.69) is 4.40 Å². The molecule has 0 aliphatic carbocycles. The minimum Gasteiger partial charge on any atom is -0.383 e. The van der Waals surface area contributed by atoms with E-state index in [9.17, 15) is 8.42 Å². The standard InChI is InChI=1S/C13H11ClN2O2S/c14-11-8-4-5-9-12(11)19(17,18)16-13(15)10-6-2-1-3-7-10/h1-9H,(H2,15,16). The van der Waals surface area contributed by atoms with Gasteiger partial charge in [0.2, 0.25) is 0 Å². The first-order valence-corrected chi connectivity index (χ1v) is 7.23. The maximum atomic E-state index is 12.1. The molecule has 0 saturated carbocycles. The second-order valence-electron chi connectivity index (χ2n) is 3.75. The topological polar surface area (TPSA) is 72.5 Å². The number of hydrogen-bond donors (Lipinski definition) is 1. The van der Waals surface area contributed by atoms with E-state index in [-0.39, 0.29) is 15.8 Å². The van der Waals surface area contributed by atoms with Crippen molar-refractivity contribution in [2.75, 3.05) is 0 Å². The molecule has 0 amide bonds. The molecule has 0 unspecified atom stereocenters. The summed E-state index contributed by atoms with van der Waals surface area (Å²) in [4.78, 5) is -0.0597. The molecule has 2 N–H and O–H groups in total. The van der Waals surface area contributed by atoms with Crippen LogP contribution < -0.4 is 5.73 Å². The van der Waals surface area contributed by atoms with E-state index in [1.807, 2.05) is 0 Å². The average Bonchev–Trinajstić information content (AvgIpc) is 2.39. The molecule has 0 fully saturated rings. The molecule has 98 valence electrons. The minimum absolute atomic E-state index is 0.0597. The van der Waals surface area contributed by atoms with Crippen LogP contribution in [0.5, 0.6) is 0 Å². The smallest absolute Gasteiger partial charge is 0.285 e. The fraction of sp³-hybridized carbons (Fsp3) is 0. The molecule has 0 aliphatic heterocycles. The molecule has 4 nitrogen and oxygen atoms in total. The summed E-state index contributed by atoms with van der Waals surface area (Å²) in [6, 6.07) is 14.8. The molecule has 0 saturated heterocycles. The zero-order valence-corrected chi connectivity index (χ0v) is 11.4. The SMILES string of the molecule is N/C(=N\S(=O)(=O)c1ccccc1Cl)c1ccccc1. The van der Waals surface area contributed by atoms with Gasteiger partial charge in [-0.2, -0.15) is 8.42 Å². The number of rotatable bonds is 3. The molecular formula is C13H11ClN2O2S. The Balaban J connectivity index is 2.45. The second kappa shape index (κ2) is 5.42. The Morgan fingerprint density at radius 3 is 2.21 bits per heavy atom. The molecule has 0 heterocycles.